The van der Waals surface area contributed by atoms with Crippen molar-refractivity contribution in [3.63, 3.8) is 0 Å². The molecule has 0 aromatic heterocycles. The first kappa shape index (κ1) is 21.6. The second kappa shape index (κ2) is 8.88. The van der Waals surface area contributed by atoms with Crippen molar-refractivity contribution in [2.45, 2.75) is 6.04 Å². The van der Waals surface area contributed by atoms with Crippen LogP contribution < -0.4 is 14.4 Å². The van der Waals surface area contributed by atoms with Crippen LogP contribution in [0.3, 0.4) is 0 Å². The number of ketones is 1. The highest BCUT2D eigenvalue weighted by Crippen LogP contribution is 2.43. The number of methoxy groups -OCH3 is 2. The van der Waals surface area contributed by atoms with E-state index < -0.39 is 17.7 Å². The number of nitrogens with zero attached hydrogens (tertiary/aromatic N) is 1. The highest BCUT2D eigenvalue weighted by molar-refractivity contribution is 9.10. The lowest BCUT2D eigenvalue weighted by atomic mass is 9.95. The number of ether oxygens (including phenoxy) is 2. The van der Waals surface area contributed by atoms with Crippen molar-refractivity contribution >= 4 is 39.1 Å². The van der Waals surface area contributed by atoms with Gasteiger partial charge in [0.25, 0.3) is 11.7 Å². The number of carbonyl (C=O) groups is 2. The van der Waals surface area contributed by atoms with Crippen LogP contribution in [0.25, 0.3) is 5.76 Å². The predicted octanol–water partition coefficient (Wildman–Crippen LogP) is 5.09. The van der Waals surface area contributed by atoms with Gasteiger partial charge in [0.05, 0.1) is 25.8 Å². The van der Waals surface area contributed by atoms with Crippen LogP contribution in [0.4, 0.5) is 5.69 Å². The third-order valence-corrected chi connectivity index (χ3v) is 5.85. The second-order valence-electron chi connectivity index (χ2n) is 7.13. The molecule has 7 heteroatoms. The predicted molar refractivity (Wildman–Crippen MR) is 125 cm³/mol. The van der Waals surface area contributed by atoms with Gasteiger partial charge in [-0.05, 0) is 48.0 Å². The maximum Gasteiger partial charge on any atom is 0.300 e. The van der Waals surface area contributed by atoms with Crippen LogP contribution in [0.15, 0.2) is 82.8 Å². The number of benzene rings is 3. The topological polar surface area (TPSA) is 76.1 Å². The zero-order valence-corrected chi connectivity index (χ0v) is 19.0. The fourth-order valence-electron chi connectivity index (χ4n) is 3.79. The van der Waals surface area contributed by atoms with Crippen molar-refractivity contribution in [3.8, 4) is 11.5 Å². The van der Waals surface area contributed by atoms with Gasteiger partial charge in [-0.3, -0.25) is 14.5 Å². The van der Waals surface area contributed by atoms with Crippen molar-refractivity contribution in [2.75, 3.05) is 19.1 Å². The summed E-state index contributed by atoms with van der Waals surface area (Å²) < 4.78 is 11.4. The van der Waals surface area contributed by atoms with Gasteiger partial charge < -0.3 is 14.6 Å². The molecule has 0 aliphatic carbocycles. The molecule has 1 unspecified atom stereocenters. The zero-order chi connectivity index (χ0) is 22.8. The van der Waals surface area contributed by atoms with E-state index in [1.165, 1.54) is 19.1 Å². The van der Waals surface area contributed by atoms with Gasteiger partial charge in [0.15, 0.2) is 11.5 Å². The fourth-order valence-corrected chi connectivity index (χ4v) is 4.05. The minimum absolute atomic E-state index is 0.0105. The highest BCUT2D eigenvalue weighted by atomic mass is 79.9. The molecule has 1 aliphatic rings. The van der Waals surface area contributed by atoms with Crippen LogP contribution in [-0.2, 0) is 9.59 Å². The number of rotatable bonds is 5. The van der Waals surface area contributed by atoms with Crippen molar-refractivity contribution in [1.82, 2.24) is 0 Å². The molecule has 1 N–H and O–H groups in total. The molecule has 162 valence electrons. The normalized spacial score (nSPS) is 17.5. The summed E-state index contributed by atoms with van der Waals surface area (Å²) in [5.74, 6) is -0.857. The Hall–Kier alpha value is -3.58. The number of aliphatic hydroxyl groups is 1. The van der Waals surface area contributed by atoms with Crippen LogP contribution >= 0.6 is 15.9 Å². The van der Waals surface area contributed by atoms with E-state index in [0.717, 1.165) is 4.47 Å². The first-order valence-electron chi connectivity index (χ1n) is 9.80. The minimum Gasteiger partial charge on any atom is -0.507 e. The Bertz CT molecular complexity index is 1200. The van der Waals surface area contributed by atoms with E-state index >= 15 is 0 Å². The van der Waals surface area contributed by atoms with Crippen molar-refractivity contribution in [3.05, 3.63) is 94.0 Å². The summed E-state index contributed by atoms with van der Waals surface area (Å²) in [6.07, 6.45) is 0. The van der Waals surface area contributed by atoms with Crippen LogP contribution in [0.2, 0.25) is 0 Å². The molecule has 1 saturated heterocycles. The molecule has 1 aliphatic heterocycles. The summed E-state index contributed by atoms with van der Waals surface area (Å²) >= 11 is 3.39. The average Bonchev–Trinajstić information content (AvgIpc) is 3.09. The van der Waals surface area contributed by atoms with Crippen LogP contribution in [0.1, 0.15) is 17.2 Å². The number of hydrogen-bond acceptors (Lipinski definition) is 5. The summed E-state index contributed by atoms with van der Waals surface area (Å²) in [5, 5.41) is 11.2. The summed E-state index contributed by atoms with van der Waals surface area (Å²) in [7, 11) is 2.99. The zero-order valence-electron chi connectivity index (χ0n) is 17.4. The van der Waals surface area contributed by atoms with Crippen LogP contribution in [0, 0.1) is 0 Å². The molecule has 4 rings (SSSR count). The molecule has 1 atom stereocenters. The Morgan fingerprint density at radius 3 is 2.19 bits per heavy atom. The van der Waals surface area contributed by atoms with E-state index in [1.807, 2.05) is 30.3 Å². The third-order valence-electron chi connectivity index (χ3n) is 5.32. The van der Waals surface area contributed by atoms with Gasteiger partial charge in [0.2, 0.25) is 0 Å². The Morgan fingerprint density at radius 2 is 1.56 bits per heavy atom. The van der Waals surface area contributed by atoms with Crippen molar-refractivity contribution in [2.24, 2.45) is 0 Å². The number of halogens is 1. The lowest BCUT2D eigenvalue weighted by Gasteiger charge is -2.25. The van der Waals surface area contributed by atoms with Gasteiger partial charge in [0.1, 0.15) is 5.76 Å². The maximum absolute atomic E-state index is 13.2. The Labute approximate surface area is 193 Å². The van der Waals surface area contributed by atoms with E-state index in [1.54, 1.807) is 42.5 Å². The summed E-state index contributed by atoms with van der Waals surface area (Å²) in [4.78, 5) is 27.7. The Morgan fingerprint density at radius 1 is 0.906 bits per heavy atom. The minimum atomic E-state index is -0.787. The number of hydrogen-bond donors (Lipinski definition) is 1. The number of aliphatic hydroxyl groups excluding tert-OH is 1. The highest BCUT2D eigenvalue weighted by Gasteiger charge is 2.46. The fraction of sp³-hybridized carbons (Fsp3) is 0.120. The molecule has 3 aromatic rings. The second-order valence-corrected chi connectivity index (χ2v) is 8.04. The average molecular weight is 494 g/mol. The van der Waals surface area contributed by atoms with Gasteiger partial charge in [-0.1, -0.05) is 46.3 Å². The van der Waals surface area contributed by atoms with Gasteiger partial charge in [0, 0.05) is 15.7 Å². The van der Waals surface area contributed by atoms with Crippen LogP contribution in [0.5, 0.6) is 11.5 Å². The van der Waals surface area contributed by atoms with Gasteiger partial charge in [-0.15, -0.1) is 0 Å². The summed E-state index contributed by atoms with van der Waals surface area (Å²) in [6.45, 7) is 0. The lowest BCUT2D eigenvalue weighted by molar-refractivity contribution is -0.132. The molecular formula is C25H20BrNO5. The third kappa shape index (κ3) is 3.76. The Balaban J connectivity index is 1.92. The number of anilines is 1. The SMILES string of the molecule is COc1ccc(/C(O)=C2/C(=O)C(=O)N(c3ccc(Br)cc3)C2c2ccccc2)cc1OC. The largest absolute Gasteiger partial charge is 0.507 e. The van der Waals surface area contributed by atoms with Gasteiger partial charge >= 0.3 is 0 Å². The number of Topliss-reactive ketones (excluding diaryl/α,β-unsaturated/α-hetero) is 1. The molecule has 1 fully saturated rings. The van der Waals surface area contributed by atoms with E-state index in [-0.39, 0.29) is 11.3 Å². The smallest absolute Gasteiger partial charge is 0.300 e. The molecule has 0 radical (unpaired) electrons. The summed E-state index contributed by atoms with van der Waals surface area (Å²) in [6, 6.07) is 20.3. The molecule has 0 spiro atoms. The van der Waals surface area contributed by atoms with Crippen molar-refractivity contribution in [1.29, 1.82) is 0 Å². The first-order valence-corrected chi connectivity index (χ1v) is 10.6. The van der Waals surface area contributed by atoms with E-state index in [0.29, 0.717) is 28.3 Å². The molecule has 1 amide bonds. The summed E-state index contributed by atoms with van der Waals surface area (Å²) in [5.41, 5.74) is 1.61. The van der Waals surface area contributed by atoms with E-state index in [2.05, 4.69) is 15.9 Å². The standard InChI is InChI=1S/C25H20BrNO5/c1-31-19-13-8-16(14-20(19)32-2)23(28)21-22(15-6-4-3-5-7-15)27(25(30)24(21)29)18-11-9-17(26)10-12-18/h3-14,22,28H,1-2H3/b23-21-. The molecule has 3 aromatic carbocycles. The molecule has 1 heterocycles. The Kier molecular flexibility index (Phi) is 6.01. The van der Waals surface area contributed by atoms with Gasteiger partial charge in [-0.2, -0.15) is 0 Å². The monoisotopic (exact) mass is 493 g/mol. The molecular weight excluding hydrogens is 474 g/mol. The molecule has 0 saturated carbocycles. The first-order chi connectivity index (χ1) is 15.5. The van der Waals surface area contributed by atoms with Crippen molar-refractivity contribution < 1.29 is 24.2 Å². The van der Waals surface area contributed by atoms with E-state index in [4.69, 9.17) is 9.47 Å². The quantitative estimate of drug-likeness (QED) is 0.304. The maximum atomic E-state index is 13.2. The molecule has 6 nitrogen and oxygen atoms in total. The number of amides is 1. The van der Waals surface area contributed by atoms with Gasteiger partial charge in [-0.25, -0.2) is 0 Å². The van der Waals surface area contributed by atoms with Crippen LogP contribution in [-0.4, -0.2) is 31.0 Å². The number of carbonyl (C=O) groups excluding carboxylic acids is 2. The molecule has 32 heavy (non-hydrogen) atoms. The molecule has 0 bridgehead atoms. The lowest BCUT2D eigenvalue weighted by Crippen LogP contribution is -2.29. The van der Waals surface area contributed by atoms with E-state index in [9.17, 15) is 14.7 Å².